The van der Waals surface area contributed by atoms with Crippen LogP contribution < -0.4 is 5.73 Å². The van der Waals surface area contributed by atoms with Gasteiger partial charge in [0.05, 0.1) is 0 Å². The third-order valence-electron chi connectivity index (χ3n) is 3.69. The van der Waals surface area contributed by atoms with Crippen LogP contribution in [-0.2, 0) is 4.74 Å². The maximum atomic E-state index is 12.2. The van der Waals surface area contributed by atoms with Gasteiger partial charge in [-0.25, -0.2) is 4.79 Å². The Morgan fingerprint density at radius 3 is 2.48 bits per heavy atom. The van der Waals surface area contributed by atoms with E-state index in [1.54, 1.807) is 4.90 Å². The van der Waals surface area contributed by atoms with Gasteiger partial charge in [0.2, 0.25) is 0 Å². The summed E-state index contributed by atoms with van der Waals surface area (Å²) < 4.78 is 6.51. The van der Waals surface area contributed by atoms with Crippen molar-refractivity contribution in [3.8, 4) is 0 Å². The minimum atomic E-state index is -0.467. The number of hydrogen-bond acceptors (Lipinski definition) is 3. The number of hydrogen-bond donors (Lipinski definition) is 1. The number of ether oxygens (including phenoxy) is 1. The molecule has 0 unspecified atom stereocenters. The summed E-state index contributed by atoms with van der Waals surface area (Å²) in [4.78, 5) is 14.0. The van der Waals surface area contributed by atoms with Crippen molar-refractivity contribution in [1.29, 1.82) is 0 Å². The molecule has 0 bridgehead atoms. The highest BCUT2D eigenvalue weighted by molar-refractivity contribution is 9.10. The van der Waals surface area contributed by atoms with E-state index in [1.165, 1.54) is 5.56 Å². The van der Waals surface area contributed by atoms with Crippen LogP contribution in [0.1, 0.15) is 32.3 Å². The van der Waals surface area contributed by atoms with E-state index in [4.69, 9.17) is 10.5 Å². The first-order chi connectivity index (χ1) is 9.80. The Morgan fingerprint density at radius 2 is 1.95 bits per heavy atom. The van der Waals surface area contributed by atoms with Gasteiger partial charge in [0, 0.05) is 23.5 Å². The Bertz CT molecular complexity index is 496. The summed E-state index contributed by atoms with van der Waals surface area (Å²) in [6.45, 7) is 7.54. The van der Waals surface area contributed by atoms with Crippen LogP contribution >= 0.6 is 15.9 Å². The number of likely N-dealkylation sites (tertiary alicyclic amines) is 1. The van der Waals surface area contributed by atoms with Crippen molar-refractivity contribution in [2.45, 2.75) is 32.3 Å². The van der Waals surface area contributed by atoms with E-state index >= 15 is 0 Å². The average Bonchev–Trinajstić information content (AvgIpc) is 2.82. The Morgan fingerprint density at radius 1 is 1.33 bits per heavy atom. The highest BCUT2D eigenvalue weighted by Crippen LogP contribution is 2.33. The molecule has 1 aromatic carbocycles. The van der Waals surface area contributed by atoms with Crippen LogP contribution in [0.3, 0.4) is 0 Å². The predicted molar refractivity (Wildman–Crippen MR) is 87.2 cm³/mol. The normalized spacial score (nSPS) is 22.4. The van der Waals surface area contributed by atoms with Gasteiger partial charge in [-0.3, -0.25) is 0 Å². The Balaban J connectivity index is 2.10. The fraction of sp³-hybridized carbons (Fsp3) is 0.562. The van der Waals surface area contributed by atoms with Crippen molar-refractivity contribution < 1.29 is 9.53 Å². The molecule has 1 aliphatic heterocycles. The number of amides is 1. The lowest BCUT2D eigenvalue weighted by Crippen LogP contribution is -2.35. The summed E-state index contributed by atoms with van der Waals surface area (Å²) in [5, 5.41) is 0. The molecule has 0 radical (unpaired) electrons. The average molecular weight is 355 g/mol. The number of nitrogens with zero attached hydrogens (tertiary/aromatic N) is 1. The molecule has 0 spiro atoms. The third kappa shape index (κ3) is 4.20. The molecule has 2 atom stereocenters. The minimum Gasteiger partial charge on any atom is -0.444 e. The van der Waals surface area contributed by atoms with Gasteiger partial charge < -0.3 is 15.4 Å². The molecule has 1 fully saturated rings. The summed E-state index contributed by atoms with van der Waals surface area (Å²) in [5.74, 6) is 0.550. The smallest absolute Gasteiger partial charge is 0.410 e. The molecule has 1 heterocycles. The number of rotatable bonds is 2. The minimum absolute atomic E-state index is 0.249. The van der Waals surface area contributed by atoms with E-state index in [0.717, 1.165) is 4.47 Å². The van der Waals surface area contributed by atoms with E-state index in [1.807, 2.05) is 32.9 Å². The lowest BCUT2D eigenvalue weighted by atomic mass is 9.89. The number of carbonyl (C=O) groups is 1. The standard InChI is InChI=1S/C16H23BrN2O2/c1-16(2,3)21-15(20)19-9-12(8-18)14(10-19)11-4-6-13(17)7-5-11/h4-7,12,14H,8-10,18H2,1-3H3/t12-,14+/m0/s1. The van der Waals surface area contributed by atoms with E-state index in [9.17, 15) is 4.79 Å². The fourth-order valence-corrected chi connectivity index (χ4v) is 2.94. The number of carbonyl (C=O) groups excluding carboxylic acids is 1. The van der Waals surface area contributed by atoms with E-state index in [0.29, 0.717) is 19.6 Å². The quantitative estimate of drug-likeness (QED) is 0.885. The summed E-state index contributed by atoms with van der Waals surface area (Å²) in [6.07, 6.45) is -0.249. The molecule has 1 amide bonds. The van der Waals surface area contributed by atoms with Crippen LogP contribution in [0.5, 0.6) is 0 Å². The molecule has 21 heavy (non-hydrogen) atoms. The molecule has 2 rings (SSSR count). The molecule has 2 N–H and O–H groups in total. The van der Waals surface area contributed by atoms with Gasteiger partial charge in [0.1, 0.15) is 5.60 Å². The Kier molecular flexibility index (Phi) is 4.94. The largest absolute Gasteiger partial charge is 0.444 e. The SMILES string of the molecule is CC(C)(C)OC(=O)N1C[C@H](CN)[C@@H](c2ccc(Br)cc2)C1. The Labute approximate surface area is 134 Å². The van der Waals surface area contributed by atoms with Crippen LogP contribution in [0.4, 0.5) is 4.79 Å². The van der Waals surface area contributed by atoms with E-state index in [-0.39, 0.29) is 17.9 Å². The molecular weight excluding hydrogens is 332 g/mol. The monoisotopic (exact) mass is 354 g/mol. The molecule has 116 valence electrons. The second-order valence-corrected chi connectivity index (χ2v) is 7.45. The van der Waals surface area contributed by atoms with Gasteiger partial charge in [-0.2, -0.15) is 0 Å². The number of halogens is 1. The molecule has 0 aliphatic carbocycles. The molecule has 1 saturated heterocycles. The van der Waals surface area contributed by atoms with Gasteiger partial charge in [0.25, 0.3) is 0 Å². The molecule has 0 aromatic heterocycles. The van der Waals surface area contributed by atoms with Crippen molar-refractivity contribution in [3.05, 3.63) is 34.3 Å². The topological polar surface area (TPSA) is 55.6 Å². The van der Waals surface area contributed by atoms with Crippen molar-refractivity contribution >= 4 is 22.0 Å². The van der Waals surface area contributed by atoms with Crippen LogP contribution in [0.15, 0.2) is 28.7 Å². The maximum absolute atomic E-state index is 12.2. The summed E-state index contributed by atoms with van der Waals surface area (Å²) >= 11 is 3.45. The summed E-state index contributed by atoms with van der Waals surface area (Å²) in [5.41, 5.74) is 6.65. The molecule has 1 aromatic rings. The van der Waals surface area contributed by atoms with Gasteiger partial charge >= 0.3 is 6.09 Å². The van der Waals surface area contributed by atoms with Crippen molar-refractivity contribution in [3.63, 3.8) is 0 Å². The fourth-order valence-electron chi connectivity index (χ4n) is 2.67. The summed E-state index contributed by atoms with van der Waals surface area (Å²) in [6, 6.07) is 8.24. The first-order valence-electron chi connectivity index (χ1n) is 7.23. The zero-order valence-electron chi connectivity index (χ0n) is 12.8. The second kappa shape index (κ2) is 6.36. The van der Waals surface area contributed by atoms with Gasteiger partial charge in [-0.05, 0) is 50.9 Å². The first-order valence-corrected chi connectivity index (χ1v) is 8.03. The van der Waals surface area contributed by atoms with Gasteiger partial charge in [-0.15, -0.1) is 0 Å². The first kappa shape index (κ1) is 16.3. The van der Waals surface area contributed by atoms with E-state index in [2.05, 4.69) is 28.1 Å². The van der Waals surface area contributed by atoms with Gasteiger partial charge in [0.15, 0.2) is 0 Å². The van der Waals surface area contributed by atoms with E-state index < -0.39 is 5.60 Å². The Hall–Kier alpha value is -1.07. The second-order valence-electron chi connectivity index (χ2n) is 6.54. The lowest BCUT2D eigenvalue weighted by molar-refractivity contribution is 0.0287. The van der Waals surface area contributed by atoms with Crippen molar-refractivity contribution in [2.24, 2.45) is 11.7 Å². The third-order valence-corrected chi connectivity index (χ3v) is 4.22. The molecule has 4 nitrogen and oxygen atoms in total. The zero-order chi connectivity index (χ0) is 15.6. The van der Waals surface area contributed by atoms with Crippen LogP contribution in [0, 0.1) is 5.92 Å². The maximum Gasteiger partial charge on any atom is 0.410 e. The lowest BCUT2D eigenvalue weighted by Gasteiger charge is -2.24. The molecule has 5 heteroatoms. The molecular formula is C16H23BrN2O2. The summed E-state index contributed by atoms with van der Waals surface area (Å²) in [7, 11) is 0. The van der Waals surface area contributed by atoms with Crippen molar-refractivity contribution in [1.82, 2.24) is 4.90 Å². The zero-order valence-corrected chi connectivity index (χ0v) is 14.4. The van der Waals surface area contributed by atoms with Crippen LogP contribution in [0.2, 0.25) is 0 Å². The number of benzene rings is 1. The predicted octanol–water partition coefficient (Wildman–Crippen LogP) is 3.36. The van der Waals surface area contributed by atoms with Crippen LogP contribution in [0.25, 0.3) is 0 Å². The highest BCUT2D eigenvalue weighted by Gasteiger charge is 2.37. The highest BCUT2D eigenvalue weighted by atomic mass is 79.9. The van der Waals surface area contributed by atoms with Gasteiger partial charge in [-0.1, -0.05) is 28.1 Å². The molecule has 1 aliphatic rings. The van der Waals surface area contributed by atoms with Crippen molar-refractivity contribution in [2.75, 3.05) is 19.6 Å². The molecule has 0 saturated carbocycles. The number of nitrogens with two attached hydrogens (primary N) is 1. The van der Waals surface area contributed by atoms with Crippen LogP contribution in [-0.4, -0.2) is 36.2 Å².